The SMILES string of the molecule is CC(C)n1cc(Br)cc1C(=O)N1CC2CCCC2C1. The Morgan fingerprint density at radius 1 is 1.32 bits per heavy atom. The zero-order valence-electron chi connectivity index (χ0n) is 11.6. The van der Waals surface area contributed by atoms with E-state index in [0.29, 0.717) is 6.04 Å². The molecule has 1 aromatic heterocycles. The van der Waals surface area contributed by atoms with Gasteiger partial charge in [-0.2, -0.15) is 0 Å². The van der Waals surface area contributed by atoms with Gasteiger partial charge in [0.25, 0.3) is 5.91 Å². The van der Waals surface area contributed by atoms with Gasteiger partial charge in [-0.15, -0.1) is 0 Å². The lowest BCUT2D eigenvalue weighted by molar-refractivity contribution is 0.0768. The first-order chi connectivity index (χ1) is 9.06. The van der Waals surface area contributed by atoms with Gasteiger partial charge in [0.1, 0.15) is 5.69 Å². The summed E-state index contributed by atoms with van der Waals surface area (Å²) in [5, 5.41) is 0. The standard InChI is InChI=1S/C15H21BrN2O/c1-10(2)18-9-13(16)6-14(18)15(19)17-7-11-4-3-5-12(11)8-17/h6,9-12H,3-5,7-8H2,1-2H3. The Hall–Kier alpha value is -0.770. The van der Waals surface area contributed by atoms with Crippen molar-refractivity contribution in [3.05, 3.63) is 22.4 Å². The van der Waals surface area contributed by atoms with Gasteiger partial charge in [-0.25, -0.2) is 0 Å². The van der Waals surface area contributed by atoms with Crippen molar-refractivity contribution in [2.24, 2.45) is 11.8 Å². The van der Waals surface area contributed by atoms with E-state index in [2.05, 4.69) is 39.2 Å². The van der Waals surface area contributed by atoms with Crippen molar-refractivity contribution in [1.29, 1.82) is 0 Å². The van der Waals surface area contributed by atoms with Crippen molar-refractivity contribution in [2.75, 3.05) is 13.1 Å². The molecule has 3 rings (SSSR count). The summed E-state index contributed by atoms with van der Waals surface area (Å²) in [6.07, 6.45) is 5.98. The van der Waals surface area contributed by atoms with Crippen LogP contribution in [-0.4, -0.2) is 28.5 Å². The Morgan fingerprint density at radius 3 is 2.53 bits per heavy atom. The molecule has 1 aliphatic heterocycles. The van der Waals surface area contributed by atoms with E-state index in [9.17, 15) is 4.79 Å². The number of halogens is 1. The number of amides is 1. The van der Waals surface area contributed by atoms with Crippen molar-refractivity contribution < 1.29 is 4.79 Å². The monoisotopic (exact) mass is 324 g/mol. The van der Waals surface area contributed by atoms with Gasteiger partial charge in [0.2, 0.25) is 0 Å². The van der Waals surface area contributed by atoms with E-state index >= 15 is 0 Å². The van der Waals surface area contributed by atoms with Gasteiger partial charge in [-0.05, 0) is 60.5 Å². The minimum atomic E-state index is 0.203. The fourth-order valence-corrected chi connectivity index (χ4v) is 4.04. The number of likely N-dealkylation sites (tertiary alicyclic amines) is 1. The summed E-state index contributed by atoms with van der Waals surface area (Å²) in [6.45, 7) is 6.15. The summed E-state index contributed by atoms with van der Waals surface area (Å²) in [4.78, 5) is 14.8. The molecule has 1 aromatic rings. The highest BCUT2D eigenvalue weighted by atomic mass is 79.9. The van der Waals surface area contributed by atoms with E-state index < -0.39 is 0 Å². The second-order valence-corrected chi connectivity index (χ2v) is 7.12. The number of carbonyl (C=O) groups excluding carboxylic acids is 1. The van der Waals surface area contributed by atoms with Crippen molar-refractivity contribution >= 4 is 21.8 Å². The summed E-state index contributed by atoms with van der Waals surface area (Å²) in [6, 6.07) is 2.27. The molecule has 0 aromatic carbocycles. The van der Waals surface area contributed by atoms with Gasteiger partial charge in [-0.1, -0.05) is 6.42 Å². The molecule has 3 nitrogen and oxygen atoms in total. The minimum absolute atomic E-state index is 0.203. The summed E-state index contributed by atoms with van der Waals surface area (Å²) < 4.78 is 3.06. The van der Waals surface area contributed by atoms with E-state index in [1.165, 1.54) is 19.3 Å². The lowest BCUT2D eigenvalue weighted by Gasteiger charge is -2.20. The quantitative estimate of drug-likeness (QED) is 0.814. The molecular formula is C15H21BrN2O. The third-order valence-electron chi connectivity index (χ3n) is 4.60. The van der Waals surface area contributed by atoms with Crippen molar-refractivity contribution in [3.63, 3.8) is 0 Å². The zero-order chi connectivity index (χ0) is 13.6. The largest absolute Gasteiger partial charge is 0.340 e. The number of hydrogen-bond acceptors (Lipinski definition) is 1. The topological polar surface area (TPSA) is 25.2 Å². The molecule has 0 radical (unpaired) electrons. The highest BCUT2D eigenvalue weighted by Gasteiger charge is 2.38. The number of rotatable bonds is 2. The van der Waals surface area contributed by atoms with Crippen LogP contribution in [0.3, 0.4) is 0 Å². The molecule has 2 heterocycles. The summed E-state index contributed by atoms with van der Waals surface area (Å²) in [7, 11) is 0. The second kappa shape index (κ2) is 4.97. The summed E-state index contributed by atoms with van der Waals surface area (Å²) in [5.41, 5.74) is 0.821. The first kappa shape index (κ1) is 13.2. The fraction of sp³-hybridized carbons (Fsp3) is 0.667. The van der Waals surface area contributed by atoms with Crippen molar-refractivity contribution in [3.8, 4) is 0 Å². The Morgan fingerprint density at radius 2 is 1.95 bits per heavy atom. The molecule has 1 saturated carbocycles. The van der Waals surface area contributed by atoms with Crippen LogP contribution >= 0.6 is 15.9 Å². The molecular weight excluding hydrogens is 304 g/mol. The lowest BCUT2D eigenvalue weighted by atomic mass is 10.0. The summed E-state index contributed by atoms with van der Waals surface area (Å²) >= 11 is 3.49. The average Bonchev–Trinajstić information content (AvgIpc) is 2.99. The Bertz CT molecular complexity index is 482. The number of nitrogens with zero attached hydrogens (tertiary/aromatic N) is 2. The molecule has 104 valence electrons. The minimum Gasteiger partial charge on any atom is -0.340 e. The Labute approximate surface area is 123 Å². The maximum Gasteiger partial charge on any atom is 0.270 e. The first-order valence-corrected chi connectivity index (χ1v) is 8.02. The van der Waals surface area contributed by atoms with Crippen LogP contribution in [0, 0.1) is 11.8 Å². The van der Waals surface area contributed by atoms with Gasteiger partial charge < -0.3 is 9.47 Å². The fourth-order valence-electron chi connectivity index (χ4n) is 3.61. The van der Waals surface area contributed by atoms with Crippen LogP contribution in [0.4, 0.5) is 0 Å². The third kappa shape index (κ3) is 2.35. The number of aromatic nitrogens is 1. The van der Waals surface area contributed by atoms with Gasteiger partial charge >= 0.3 is 0 Å². The van der Waals surface area contributed by atoms with Crippen molar-refractivity contribution in [1.82, 2.24) is 9.47 Å². The van der Waals surface area contributed by atoms with Crippen LogP contribution in [0.5, 0.6) is 0 Å². The van der Waals surface area contributed by atoms with Crippen molar-refractivity contribution in [2.45, 2.75) is 39.2 Å². The molecule has 19 heavy (non-hydrogen) atoms. The van der Waals surface area contributed by atoms with E-state index in [1.807, 2.05) is 12.3 Å². The molecule has 0 bridgehead atoms. The normalized spacial score (nSPS) is 26.2. The van der Waals surface area contributed by atoms with E-state index in [4.69, 9.17) is 0 Å². The maximum atomic E-state index is 12.7. The molecule has 0 N–H and O–H groups in total. The molecule has 1 amide bonds. The summed E-state index contributed by atoms with van der Waals surface area (Å²) in [5.74, 6) is 1.72. The number of hydrogen-bond donors (Lipinski definition) is 0. The van der Waals surface area contributed by atoms with Crippen LogP contribution in [0.15, 0.2) is 16.7 Å². The van der Waals surface area contributed by atoms with Crippen LogP contribution in [0.25, 0.3) is 0 Å². The predicted octanol–water partition coefficient (Wildman–Crippen LogP) is 3.70. The second-order valence-electron chi connectivity index (χ2n) is 6.21. The van der Waals surface area contributed by atoms with Crippen LogP contribution in [0.2, 0.25) is 0 Å². The first-order valence-electron chi connectivity index (χ1n) is 7.23. The number of fused-ring (bicyclic) bond motifs is 1. The number of carbonyl (C=O) groups is 1. The van der Waals surface area contributed by atoms with Gasteiger partial charge in [0.15, 0.2) is 0 Å². The highest BCUT2D eigenvalue weighted by Crippen LogP contribution is 2.38. The van der Waals surface area contributed by atoms with E-state index in [0.717, 1.165) is 35.1 Å². The highest BCUT2D eigenvalue weighted by molar-refractivity contribution is 9.10. The zero-order valence-corrected chi connectivity index (χ0v) is 13.2. The molecule has 1 saturated heterocycles. The Balaban J connectivity index is 1.81. The molecule has 2 unspecified atom stereocenters. The van der Waals surface area contributed by atoms with Gasteiger partial charge in [0, 0.05) is 29.8 Å². The lowest BCUT2D eigenvalue weighted by Crippen LogP contribution is -2.31. The van der Waals surface area contributed by atoms with Crippen LogP contribution < -0.4 is 0 Å². The molecule has 2 fully saturated rings. The molecule has 2 atom stereocenters. The van der Waals surface area contributed by atoms with E-state index in [-0.39, 0.29) is 5.91 Å². The third-order valence-corrected chi connectivity index (χ3v) is 5.04. The molecule has 0 spiro atoms. The predicted molar refractivity (Wildman–Crippen MR) is 79.3 cm³/mol. The van der Waals surface area contributed by atoms with Crippen LogP contribution in [-0.2, 0) is 0 Å². The van der Waals surface area contributed by atoms with Gasteiger partial charge in [0.05, 0.1) is 0 Å². The van der Waals surface area contributed by atoms with Crippen LogP contribution in [0.1, 0.15) is 49.6 Å². The maximum absolute atomic E-state index is 12.7. The molecule has 2 aliphatic rings. The van der Waals surface area contributed by atoms with Gasteiger partial charge in [-0.3, -0.25) is 4.79 Å². The smallest absolute Gasteiger partial charge is 0.270 e. The van der Waals surface area contributed by atoms with E-state index in [1.54, 1.807) is 0 Å². The average molecular weight is 325 g/mol. The molecule has 4 heteroatoms. The Kier molecular flexibility index (Phi) is 3.46. The molecule has 1 aliphatic carbocycles.